The predicted molar refractivity (Wildman–Crippen MR) is 79.1 cm³/mol. The molecule has 1 aromatic carbocycles. The van der Waals surface area contributed by atoms with E-state index in [0.29, 0.717) is 11.6 Å². The molecule has 1 atom stereocenters. The van der Waals surface area contributed by atoms with Gasteiger partial charge in [-0.25, -0.2) is 4.39 Å². The zero-order valence-electron chi connectivity index (χ0n) is 12.0. The SMILES string of the molecule is CC(CNc1cccc(F)c1C#N)CN1CCCCC1. The third kappa shape index (κ3) is 3.94. The second-order valence-electron chi connectivity index (χ2n) is 5.62. The molecule has 3 nitrogen and oxygen atoms in total. The zero-order chi connectivity index (χ0) is 14.4. The number of anilines is 1. The summed E-state index contributed by atoms with van der Waals surface area (Å²) in [5.74, 6) is 0.0177. The van der Waals surface area contributed by atoms with Gasteiger partial charge in [0.05, 0.1) is 5.69 Å². The van der Waals surface area contributed by atoms with Gasteiger partial charge in [0.2, 0.25) is 0 Å². The first-order valence-electron chi connectivity index (χ1n) is 7.35. The molecule has 1 aliphatic rings. The van der Waals surface area contributed by atoms with Crippen molar-refractivity contribution in [3.05, 3.63) is 29.6 Å². The monoisotopic (exact) mass is 275 g/mol. The van der Waals surface area contributed by atoms with Crippen LogP contribution in [0.4, 0.5) is 10.1 Å². The smallest absolute Gasteiger partial charge is 0.143 e. The Balaban J connectivity index is 1.85. The Morgan fingerprint density at radius 1 is 1.35 bits per heavy atom. The van der Waals surface area contributed by atoms with Crippen molar-refractivity contribution in [1.29, 1.82) is 5.26 Å². The van der Waals surface area contributed by atoms with E-state index in [-0.39, 0.29) is 5.56 Å². The first kappa shape index (κ1) is 14.8. The average Bonchev–Trinajstić information content (AvgIpc) is 2.46. The van der Waals surface area contributed by atoms with Gasteiger partial charge in [-0.15, -0.1) is 0 Å². The van der Waals surface area contributed by atoms with Gasteiger partial charge in [0, 0.05) is 13.1 Å². The highest BCUT2D eigenvalue weighted by molar-refractivity contribution is 5.57. The van der Waals surface area contributed by atoms with Gasteiger partial charge < -0.3 is 10.2 Å². The van der Waals surface area contributed by atoms with Crippen LogP contribution in [-0.2, 0) is 0 Å². The lowest BCUT2D eigenvalue weighted by atomic mass is 10.1. The molecule has 2 rings (SSSR count). The van der Waals surface area contributed by atoms with Gasteiger partial charge >= 0.3 is 0 Å². The van der Waals surface area contributed by atoms with Crippen LogP contribution in [-0.4, -0.2) is 31.1 Å². The molecule has 1 N–H and O–H groups in total. The fourth-order valence-electron chi connectivity index (χ4n) is 2.72. The minimum absolute atomic E-state index is 0.109. The van der Waals surface area contributed by atoms with E-state index in [1.165, 1.54) is 38.4 Å². The molecule has 0 radical (unpaired) electrons. The largest absolute Gasteiger partial charge is 0.384 e. The topological polar surface area (TPSA) is 39.1 Å². The van der Waals surface area contributed by atoms with Crippen LogP contribution in [0.1, 0.15) is 31.7 Å². The summed E-state index contributed by atoms with van der Waals surface area (Å²) in [6.45, 7) is 6.38. The van der Waals surface area contributed by atoms with Crippen LogP contribution in [0.15, 0.2) is 18.2 Å². The van der Waals surface area contributed by atoms with Crippen LogP contribution < -0.4 is 5.32 Å². The first-order valence-corrected chi connectivity index (χ1v) is 7.35. The van der Waals surface area contributed by atoms with E-state index in [9.17, 15) is 4.39 Å². The van der Waals surface area contributed by atoms with Crippen LogP contribution in [0.2, 0.25) is 0 Å². The third-order valence-corrected chi connectivity index (χ3v) is 3.78. The molecule has 4 heteroatoms. The molecule has 1 saturated heterocycles. The highest BCUT2D eigenvalue weighted by Crippen LogP contribution is 2.18. The number of halogens is 1. The van der Waals surface area contributed by atoms with Crippen molar-refractivity contribution in [2.45, 2.75) is 26.2 Å². The van der Waals surface area contributed by atoms with Gasteiger partial charge in [0.25, 0.3) is 0 Å². The quantitative estimate of drug-likeness (QED) is 0.896. The maximum atomic E-state index is 13.5. The highest BCUT2D eigenvalue weighted by Gasteiger charge is 2.14. The number of nitrogens with one attached hydrogen (secondary N) is 1. The standard InChI is InChI=1S/C16H22FN3/c1-13(12-20-8-3-2-4-9-20)11-19-16-7-5-6-15(17)14(16)10-18/h5-7,13,19H,2-4,8-9,11-12H2,1H3. The second-order valence-corrected chi connectivity index (χ2v) is 5.62. The molecule has 0 aromatic heterocycles. The molecule has 1 fully saturated rings. The van der Waals surface area contributed by atoms with Crippen LogP contribution in [0.3, 0.4) is 0 Å². The molecule has 1 aliphatic heterocycles. The Kier molecular flexibility index (Phi) is 5.37. The van der Waals surface area contributed by atoms with Gasteiger partial charge in [0.1, 0.15) is 17.4 Å². The number of nitrogens with zero attached hydrogens (tertiary/aromatic N) is 2. The average molecular weight is 275 g/mol. The Morgan fingerprint density at radius 3 is 2.80 bits per heavy atom. The first-order chi connectivity index (χ1) is 9.70. The zero-order valence-corrected chi connectivity index (χ0v) is 12.0. The second kappa shape index (κ2) is 7.25. The van der Waals surface area contributed by atoms with Crippen molar-refractivity contribution < 1.29 is 4.39 Å². The number of likely N-dealkylation sites (tertiary alicyclic amines) is 1. The number of rotatable bonds is 5. The molecular formula is C16H22FN3. The van der Waals surface area contributed by atoms with Crippen LogP contribution >= 0.6 is 0 Å². The molecule has 108 valence electrons. The van der Waals surface area contributed by atoms with Crippen LogP contribution in [0, 0.1) is 23.1 Å². The highest BCUT2D eigenvalue weighted by atomic mass is 19.1. The Hall–Kier alpha value is -1.60. The summed E-state index contributed by atoms with van der Waals surface area (Å²) >= 11 is 0. The lowest BCUT2D eigenvalue weighted by Gasteiger charge is -2.29. The summed E-state index contributed by atoms with van der Waals surface area (Å²) in [7, 11) is 0. The normalized spacial score (nSPS) is 17.4. The molecule has 1 unspecified atom stereocenters. The Morgan fingerprint density at radius 2 is 2.10 bits per heavy atom. The molecule has 1 heterocycles. The van der Waals surface area contributed by atoms with Crippen molar-refractivity contribution in [2.75, 3.05) is 31.5 Å². The molecule has 0 spiro atoms. The van der Waals surface area contributed by atoms with Crippen LogP contribution in [0.25, 0.3) is 0 Å². The van der Waals surface area contributed by atoms with Gasteiger partial charge in [-0.2, -0.15) is 5.26 Å². The van der Waals surface area contributed by atoms with Gasteiger partial charge in [-0.1, -0.05) is 19.4 Å². The molecule has 0 saturated carbocycles. The van der Waals surface area contributed by atoms with E-state index in [4.69, 9.17) is 5.26 Å². The number of nitriles is 1. The van der Waals surface area contributed by atoms with E-state index in [0.717, 1.165) is 13.1 Å². The summed E-state index contributed by atoms with van der Waals surface area (Å²) in [5, 5.41) is 12.2. The molecule has 1 aromatic rings. The Bertz CT molecular complexity index is 475. The minimum Gasteiger partial charge on any atom is -0.384 e. The lowest BCUT2D eigenvalue weighted by molar-refractivity contribution is 0.204. The van der Waals surface area contributed by atoms with E-state index in [1.807, 2.05) is 6.07 Å². The lowest BCUT2D eigenvalue weighted by Crippen LogP contribution is -2.35. The van der Waals surface area contributed by atoms with E-state index >= 15 is 0 Å². The summed E-state index contributed by atoms with van der Waals surface area (Å²) in [5.41, 5.74) is 0.704. The number of hydrogen-bond acceptors (Lipinski definition) is 3. The third-order valence-electron chi connectivity index (χ3n) is 3.78. The van der Waals surface area contributed by atoms with Crippen molar-refractivity contribution >= 4 is 5.69 Å². The molecule has 0 aliphatic carbocycles. The van der Waals surface area contributed by atoms with Gasteiger partial charge in [-0.3, -0.25) is 0 Å². The summed E-state index contributed by atoms with van der Waals surface area (Å²) in [6, 6.07) is 6.63. The predicted octanol–water partition coefficient (Wildman–Crippen LogP) is 3.23. The molecular weight excluding hydrogens is 253 g/mol. The van der Waals surface area contributed by atoms with Crippen molar-refractivity contribution in [2.24, 2.45) is 5.92 Å². The molecule has 0 bridgehead atoms. The van der Waals surface area contributed by atoms with Crippen molar-refractivity contribution in [1.82, 2.24) is 4.90 Å². The molecule has 20 heavy (non-hydrogen) atoms. The van der Waals surface area contributed by atoms with E-state index in [2.05, 4.69) is 17.1 Å². The summed E-state index contributed by atoms with van der Waals surface area (Å²) in [4.78, 5) is 2.49. The number of benzene rings is 1. The van der Waals surface area contributed by atoms with Crippen molar-refractivity contribution in [3.63, 3.8) is 0 Å². The number of piperidine rings is 1. The molecule has 0 amide bonds. The fraction of sp³-hybridized carbons (Fsp3) is 0.562. The van der Waals surface area contributed by atoms with Gasteiger partial charge in [0.15, 0.2) is 0 Å². The fourth-order valence-corrected chi connectivity index (χ4v) is 2.72. The maximum absolute atomic E-state index is 13.5. The van der Waals surface area contributed by atoms with Crippen molar-refractivity contribution in [3.8, 4) is 6.07 Å². The summed E-state index contributed by atoms with van der Waals surface area (Å²) in [6.07, 6.45) is 3.93. The Labute approximate surface area is 120 Å². The van der Waals surface area contributed by atoms with E-state index in [1.54, 1.807) is 12.1 Å². The summed E-state index contributed by atoms with van der Waals surface area (Å²) < 4.78 is 13.5. The number of hydrogen-bond donors (Lipinski definition) is 1. The minimum atomic E-state index is -0.457. The van der Waals surface area contributed by atoms with Gasteiger partial charge in [-0.05, 0) is 44.0 Å². The van der Waals surface area contributed by atoms with Crippen LogP contribution in [0.5, 0.6) is 0 Å². The van der Waals surface area contributed by atoms with E-state index < -0.39 is 5.82 Å². The maximum Gasteiger partial charge on any atom is 0.143 e.